The molecule has 0 amide bonds. The number of methoxy groups -OCH3 is 2. The molecule has 6 heteroatoms. The molecule has 1 aliphatic carbocycles. The standard InChI is InChI=1S/C18H28O6/c1-11-8-7-9-16(2,3)13(11)12-10-17(4,21)24-18(12,14(19)22-5)15(20)23-6/h12,21H,7-10H2,1-6H3/t12-,17-/m0/s1. The van der Waals surface area contributed by atoms with E-state index in [-0.39, 0.29) is 11.8 Å². The fraction of sp³-hybridized carbons (Fsp3) is 0.778. The van der Waals surface area contributed by atoms with E-state index in [1.807, 2.05) is 6.92 Å². The molecule has 0 bridgehead atoms. The quantitative estimate of drug-likeness (QED) is 0.482. The number of ether oxygens (including phenoxy) is 3. The zero-order chi connectivity index (χ0) is 18.3. The fourth-order valence-electron chi connectivity index (χ4n) is 4.45. The van der Waals surface area contributed by atoms with E-state index in [2.05, 4.69) is 13.8 Å². The molecule has 1 heterocycles. The summed E-state index contributed by atoms with van der Waals surface area (Å²) < 4.78 is 15.4. The van der Waals surface area contributed by atoms with Gasteiger partial charge in [-0.25, -0.2) is 9.59 Å². The van der Waals surface area contributed by atoms with Crippen molar-refractivity contribution < 1.29 is 28.9 Å². The molecule has 0 aromatic carbocycles. The van der Waals surface area contributed by atoms with E-state index >= 15 is 0 Å². The van der Waals surface area contributed by atoms with Crippen LogP contribution in [0.4, 0.5) is 0 Å². The average molecular weight is 340 g/mol. The Morgan fingerprint density at radius 1 is 1.17 bits per heavy atom. The molecule has 0 aromatic heterocycles. The molecule has 0 unspecified atom stereocenters. The van der Waals surface area contributed by atoms with Crippen molar-refractivity contribution in [2.24, 2.45) is 11.3 Å². The Morgan fingerprint density at radius 3 is 2.17 bits per heavy atom. The van der Waals surface area contributed by atoms with Crippen molar-refractivity contribution in [3.63, 3.8) is 0 Å². The van der Waals surface area contributed by atoms with E-state index in [1.165, 1.54) is 21.1 Å². The first kappa shape index (κ1) is 18.9. The van der Waals surface area contributed by atoms with Gasteiger partial charge in [-0.3, -0.25) is 0 Å². The molecular formula is C18H28O6. The molecule has 0 radical (unpaired) electrons. The van der Waals surface area contributed by atoms with Gasteiger partial charge in [0.2, 0.25) is 0 Å². The Kier molecular flexibility index (Phi) is 4.85. The van der Waals surface area contributed by atoms with E-state index < -0.39 is 29.2 Å². The SMILES string of the molecule is COC(=O)C1(C(=O)OC)O[C@](C)(O)C[C@H]1C1=C(C)CCCC1(C)C. The lowest BCUT2D eigenvalue weighted by Crippen LogP contribution is -2.55. The third-order valence-electron chi connectivity index (χ3n) is 5.32. The van der Waals surface area contributed by atoms with Crippen molar-refractivity contribution in [2.75, 3.05) is 14.2 Å². The van der Waals surface area contributed by atoms with Gasteiger partial charge in [0.15, 0.2) is 5.79 Å². The zero-order valence-electron chi connectivity index (χ0n) is 15.4. The summed E-state index contributed by atoms with van der Waals surface area (Å²) in [6.07, 6.45) is 3.02. The third kappa shape index (κ3) is 2.86. The van der Waals surface area contributed by atoms with Crippen LogP contribution in [0.2, 0.25) is 0 Å². The second-order valence-corrected chi connectivity index (χ2v) is 7.68. The Hall–Kier alpha value is -1.40. The second kappa shape index (κ2) is 6.15. The van der Waals surface area contributed by atoms with Gasteiger partial charge in [-0.15, -0.1) is 0 Å². The predicted octanol–water partition coefficient (Wildman–Crippen LogP) is 2.34. The summed E-state index contributed by atoms with van der Waals surface area (Å²) in [6.45, 7) is 7.66. The number of hydrogen-bond donors (Lipinski definition) is 1. The lowest BCUT2D eigenvalue weighted by molar-refractivity contribution is -0.231. The van der Waals surface area contributed by atoms with E-state index in [0.29, 0.717) is 0 Å². The smallest absolute Gasteiger partial charge is 0.350 e. The van der Waals surface area contributed by atoms with Crippen LogP contribution in [0.3, 0.4) is 0 Å². The van der Waals surface area contributed by atoms with E-state index in [0.717, 1.165) is 30.4 Å². The largest absolute Gasteiger partial charge is 0.466 e. The van der Waals surface area contributed by atoms with Gasteiger partial charge in [-0.1, -0.05) is 25.0 Å². The molecule has 0 spiro atoms. The van der Waals surface area contributed by atoms with E-state index in [9.17, 15) is 14.7 Å². The van der Waals surface area contributed by atoms with Gasteiger partial charge >= 0.3 is 11.9 Å². The van der Waals surface area contributed by atoms with Gasteiger partial charge in [-0.05, 0) is 38.5 Å². The lowest BCUT2D eigenvalue weighted by Gasteiger charge is -2.41. The molecule has 0 aromatic rings. The van der Waals surface area contributed by atoms with Crippen LogP contribution in [0, 0.1) is 11.3 Å². The zero-order valence-corrected chi connectivity index (χ0v) is 15.4. The minimum atomic E-state index is -1.97. The van der Waals surface area contributed by atoms with Crippen LogP contribution in [0.5, 0.6) is 0 Å². The van der Waals surface area contributed by atoms with Crippen LogP contribution in [-0.2, 0) is 23.8 Å². The van der Waals surface area contributed by atoms with Gasteiger partial charge in [0, 0.05) is 12.3 Å². The van der Waals surface area contributed by atoms with Crippen LogP contribution >= 0.6 is 0 Å². The van der Waals surface area contributed by atoms with Crippen LogP contribution in [-0.4, -0.2) is 42.7 Å². The molecule has 24 heavy (non-hydrogen) atoms. The van der Waals surface area contributed by atoms with Crippen LogP contribution in [0.1, 0.15) is 53.4 Å². The third-order valence-corrected chi connectivity index (χ3v) is 5.32. The molecule has 1 saturated heterocycles. The highest BCUT2D eigenvalue weighted by Crippen LogP contribution is 2.54. The molecule has 2 atom stereocenters. The minimum Gasteiger partial charge on any atom is -0.466 e. The molecule has 1 aliphatic heterocycles. The van der Waals surface area contributed by atoms with Crippen molar-refractivity contribution in [1.82, 2.24) is 0 Å². The van der Waals surface area contributed by atoms with Gasteiger partial charge in [0.05, 0.1) is 14.2 Å². The van der Waals surface area contributed by atoms with Gasteiger partial charge < -0.3 is 19.3 Å². The Labute approximate surface area is 143 Å². The maximum absolute atomic E-state index is 12.6. The van der Waals surface area contributed by atoms with Crippen molar-refractivity contribution in [1.29, 1.82) is 0 Å². The number of carbonyl (C=O) groups is 2. The maximum atomic E-state index is 12.6. The molecule has 0 saturated carbocycles. The Bertz CT molecular complexity index is 556. The molecule has 136 valence electrons. The predicted molar refractivity (Wildman–Crippen MR) is 86.9 cm³/mol. The average Bonchev–Trinajstić information content (AvgIpc) is 2.77. The first-order valence-electron chi connectivity index (χ1n) is 8.31. The molecule has 1 N–H and O–H groups in total. The first-order chi connectivity index (χ1) is 11.0. The normalized spacial score (nSPS) is 31.7. The summed E-state index contributed by atoms with van der Waals surface area (Å²) in [7, 11) is 2.40. The number of allylic oxidation sites excluding steroid dienone is 1. The molecular weight excluding hydrogens is 312 g/mol. The summed E-state index contributed by atoms with van der Waals surface area (Å²) in [6, 6.07) is 0. The van der Waals surface area contributed by atoms with Crippen molar-refractivity contribution in [2.45, 2.75) is 64.8 Å². The first-order valence-corrected chi connectivity index (χ1v) is 8.31. The summed E-state index contributed by atoms with van der Waals surface area (Å²) in [5.41, 5.74) is -0.0560. The van der Waals surface area contributed by atoms with Crippen molar-refractivity contribution in [3.8, 4) is 0 Å². The summed E-state index contributed by atoms with van der Waals surface area (Å²) in [4.78, 5) is 25.2. The number of carbonyl (C=O) groups excluding carboxylic acids is 2. The summed E-state index contributed by atoms with van der Waals surface area (Å²) >= 11 is 0. The highest BCUT2D eigenvalue weighted by molar-refractivity contribution is 6.05. The lowest BCUT2D eigenvalue weighted by atomic mass is 9.63. The topological polar surface area (TPSA) is 82.1 Å². The highest BCUT2D eigenvalue weighted by Gasteiger charge is 2.67. The summed E-state index contributed by atoms with van der Waals surface area (Å²) in [5.74, 6) is -3.91. The maximum Gasteiger partial charge on any atom is 0.350 e. The van der Waals surface area contributed by atoms with Crippen LogP contribution in [0.15, 0.2) is 11.1 Å². The fourth-order valence-corrected chi connectivity index (χ4v) is 4.45. The van der Waals surface area contributed by atoms with Gasteiger partial charge in [0.25, 0.3) is 5.60 Å². The number of esters is 2. The summed E-state index contributed by atoms with van der Waals surface area (Å²) in [5, 5.41) is 10.5. The number of hydrogen-bond acceptors (Lipinski definition) is 6. The monoisotopic (exact) mass is 340 g/mol. The van der Waals surface area contributed by atoms with Gasteiger partial charge in [0.1, 0.15) is 0 Å². The number of rotatable bonds is 3. The van der Waals surface area contributed by atoms with Crippen LogP contribution in [0.25, 0.3) is 0 Å². The van der Waals surface area contributed by atoms with E-state index in [4.69, 9.17) is 14.2 Å². The minimum absolute atomic E-state index is 0.132. The molecule has 6 nitrogen and oxygen atoms in total. The highest BCUT2D eigenvalue weighted by atomic mass is 16.7. The second-order valence-electron chi connectivity index (χ2n) is 7.68. The van der Waals surface area contributed by atoms with Gasteiger partial charge in [-0.2, -0.15) is 0 Å². The van der Waals surface area contributed by atoms with Crippen molar-refractivity contribution >= 4 is 11.9 Å². The van der Waals surface area contributed by atoms with E-state index in [1.54, 1.807) is 0 Å². The molecule has 1 fully saturated rings. The number of aliphatic hydroxyl groups is 1. The van der Waals surface area contributed by atoms with Crippen LogP contribution < -0.4 is 0 Å². The Morgan fingerprint density at radius 2 is 1.71 bits per heavy atom. The molecule has 2 aliphatic rings. The molecule has 2 rings (SSSR count). The Balaban J connectivity index is 2.68. The van der Waals surface area contributed by atoms with Crippen molar-refractivity contribution in [3.05, 3.63) is 11.1 Å².